The number of amides is 1. The lowest BCUT2D eigenvalue weighted by molar-refractivity contribution is -0.00936. The number of nitrogens with zero attached hydrogens (tertiary/aromatic N) is 1. The van der Waals surface area contributed by atoms with Crippen LogP contribution in [0, 0.1) is 5.92 Å². The van der Waals surface area contributed by atoms with Gasteiger partial charge in [0, 0.05) is 38.2 Å². The summed E-state index contributed by atoms with van der Waals surface area (Å²) in [5.41, 5.74) is 4.67. The van der Waals surface area contributed by atoms with Crippen LogP contribution in [0.3, 0.4) is 0 Å². The lowest BCUT2D eigenvalue weighted by atomic mass is 9.85. The Hall–Kier alpha value is -2.37. The van der Waals surface area contributed by atoms with Gasteiger partial charge >= 0.3 is 6.09 Å². The van der Waals surface area contributed by atoms with Crippen molar-refractivity contribution < 1.29 is 19.4 Å². The molecule has 0 saturated carbocycles. The summed E-state index contributed by atoms with van der Waals surface area (Å²) in [4.78, 5) is 15.0. The average Bonchev–Trinajstić information content (AvgIpc) is 3.28. The van der Waals surface area contributed by atoms with E-state index in [1.165, 1.54) is 22.3 Å². The third kappa shape index (κ3) is 3.13. The summed E-state index contributed by atoms with van der Waals surface area (Å²) in [6.07, 6.45) is 2.20. The number of fused-ring (bicyclic) bond motifs is 3. The molecule has 2 fully saturated rings. The molecule has 0 radical (unpaired) electrons. The number of carbonyl (C=O) groups excluding carboxylic acids is 1. The van der Waals surface area contributed by atoms with Gasteiger partial charge in [0.1, 0.15) is 6.61 Å². The van der Waals surface area contributed by atoms with E-state index >= 15 is 0 Å². The van der Waals surface area contributed by atoms with Gasteiger partial charge in [-0.05, 0) is 41.5 Å². The Balaban J connectivity index is 1.35. The molecule has 0 bridgehead atoms. The Kier molecular flexibility index (Phi) is 4.80. The molecule has 1 N–H and O–H groups in total. The van der Waals surface area contributed by atoms with E-state index in [9.17, 15) is 9.90 Å². The fourth-order valence-corrected chi connectivity index (χ4v) is 5.45. The van der Waals surface area contributed by atoms with Crippen molar-refractivity contribution in [2.45, 2.75) is 30.7 Å². The van der Waals surface area contributed by atoms with Crippen LogP contribution in [0.4, 0.5) is 4.79 Å². The molecule has 5 heteroatoms. The number of rotatable bonds is 3. The van der Waals surface area contributed by atoms with Crippen LogP contribution in [-0.2, 0) is 9.47 Å². The number of aliphatic hydroxyl groups is 1. The SMILES string of the molecule is O=C(OCC1c2ccccc2-c2ccccc21)N1CC(CO)CC12CCOCC2. The van der Waals surface area contributed by atoms with Gasteiger partial charge in [-0.15, -0.1) is 0 Å². The van der Waals surface area contributed by atoms with Crippen LogP contribution in [0.1, 0.15) is 36.3 Å². The van der Waals surface area contributed by atoms with E-state index < -0.39 is 0 Å². The molecule has 2 saturated heterocycles. The van der Waals surface area contributed by atoms with Gasteiger partial charge in [-0.1, -0.05) is 48.5 Å². The zero-order valence-corrected chi connectivity index (χ0v) is 16.5. The fraction of sp³-hybridized carbons (Fsp3) is 0.458. The van der Waals surface area contributed by atoms with Crippen molar-refractivity contribution in [3.05, 3.63) is 59.7 Å². The van der Waals surface area contributed by atoms with E-state index in [4.69, 9.17) is 9.47 Å². The van der Waals surface area contributed by atoms with E-state index in [1.807, 2.05) is 17.0 Å². The third-order valence-electron chi connectivity index (χ3n) is 6.92. The summed E-state index contributed by atoms with van der Waals surface area (Å²) >= 11 is 0. The third-order valence-corrected chi connectivity index (χ3v) is 6.92. The zero-order valence-electron chi connectivity index (χ0n) is 16.5. The molecule has 5 rings (SSSR count). The molecule has 152 valence electrons. The molecule has 1 aliphatic carbocycles. The quantitative estimate of drug-likeness (QED) is 0.862. The van der Waals surface area contributed by atoms with Crippen molar-refractivity contribution in [3.63, 3.8) is 0 Å². The molecule has 5 nitrogen and oxygen atoms in total. The normalized spacial score (nSPS) is 22.5. The minimum Gasteiger partial charge on any atom is -0.448 e. The van der Waals surface area contributed by atoms with Crippen LogP contribution >= 0.6 is 0 Å². The lowest BCUT2D eigenvalue weighted by Gasteiger charge is -2.40. The molecule has 29 heavy (non-hydrogen) atoms. The molecule has 2 aliphatic heterocycles. The van der Waals surface area contributed by atoms with Gasteiger partial charge in [0.25, 0.3) is 0 Å². The molecular weight excluding hydrogens is 366 g/mol. The first-order valence-corrected chi connectivity index (χ1v) is 10.5. The topological polar surface area (TPSA) is 59.0 Å². The molecule has 1 spiro atoms. The monoisotopic (exact) mass is 393 g/mol. The molecule has 2 aromatic carbocycles. The first kappa shape index (κ1) is 18.6. The van der Waals surface area contributed by atoms with Crippen molar-refractivity contribution in [3.8, 4) is 11.1 Å². The second kappa shape index (κ2) is 7.47. The van der Waals surface area contributed by atoms with Crippen LogP contribution in [0.2, 0.25) is 0 Å². The molecular formula is C24H27NO4. The zero-order chi connectivity index (χ0) is 19.8. The first-order chi connectivity index (χ1) is 14.2. The fourth-order valence-electron chi connectivity index (χ4n) is 5.45. The molecule has 2 aromatic rings. The van der Waals surface area contributed by atoms with Crippen LogP contribution in [-0.4, -0.2) is 54.6 Å². The maximum atomic E-state index is 13.1. The highest BCUT2D eigenvalue weighted by Gasteiger charge is 2.49. The van der Waals surface area contributed by atoms with Gasteiger partial charge in [-0.3, -0.25) is 0 Å². The van der Waals surface area contributed by atoms with Gasteiger partial charge in [-0.2, -0.15) is 0 Å². The molecule has 1 amide bonds. The number of hydrogen-bond acceptors (Lipinski definition) is 4. The molecule has 0 aromatic heterocycles. The van der Waals surface area contributed by atoms with E-state index in [1.54, 1.807) is 0 Å². The van der Waals surface area contributed by atoms with Crippen LogP contribution in [0.5, 0.6) is 0 Å². The Morgan fingerprint density at radius 2 is 1.69 bits per heavy atom. The summed E-state index contributed by atoms with van der Waals surface area (Å²) in [6.45, 7) is 2.32. The lowest BCUT2D eigenvalue weighted by Crippen LogP contribution is -2.51. The Bertz CT molecular complexity index is 860. The van der Waals surface area contributed by atoms with Crippen LogP contribution in [0.15, 0.2) is 48.5 Å². The summed E-state index contributed by atoms with van der Waals surface area (Å²) in [5, 5.41) is 9.69. The molecule has 3 aliphatic rings. The largest absolute Gasteiger partial charge is 0.448 e. The van der Waals surface area contributed by atoms with Gasteiger partial charge in [-0.25, -0.2) is 4.79 Å². The highest BCUT2D eigenvalue weighted by Crippen LogP contribution is 2.45. The summed E-state index contributed by atoms with van der Waals surface area (Å²) in [6, 6.07) is 16.7. The van der Waals surface area contributed by atoms with Crippen molar-refractivity contribution >= 4 is 6.09 Å². The Morgan fingerprint density at radius 3 is 2.31 bits per heavy atom. The van der Waals surface area contributed by atoms with Gasteiger partial charge < -0.3 is 19.5 Å². The number of likely N-dealkylation sites (tertiary alicyclic amines) is 1. The minimum absolute atomic E-state index is 0.0632. The standard InChI is InChI=1S/C24H27NO4/c26-15-17-13-24(9-11-28-12-10-24)25(14-17)23(27)29-16-22-20-7-3-1-5-18(20)19-6-2-4-8-21(19)22/h1-8,17,22,26H,9-16H2. The van der Waals surface area contributed by atoms with Gasteiger partial charge in [0.2, 0.25) is 0 Å². The van der Waals surface area contributed by atoms with E-state index in [-0.39, 0.29) is 30.1 Å². The van der Waals surface area contributed by atoms with Crippen molar-refractivity contribution in [2.24, 2.45) is 5.92 Å². The van der Waals surface area contributed by atoms with E-state index in [0.29, 0.717) is 26.4 Å². The summed E-state index contributed by atoms with van der Waals surface area (Å²) in [5.74, 6) is 0.182. The van der Waals surface area contributed by atoms with Gasteiger partial charge in [0.05, 0.1) is 5.54 Å². The van der Waals surface area contributed by atoms with Gasteiger partial charge in [0.15, 0.2) is 0 Å². The first-order valence-electron chi connectivity index (χ1n) is 10.5. The van der Waals surface area contributed by atoms with Crippen molar-refractivity contribution in [1.29, 1.82) is 0 Å². The number of benzene rings is 2. The maximum Gasteiger partial charge on any atom is 0.410 e. The number of hydrogen-bond donors (Lipinski definition) is 1. The maximum absolute atomic E-state index is 13.1. The van der Waals surface area contributed by atoms with Crippen LogP contribution in [0.25, 0.3) is 11.1 Å². The predicted molar refractivity (Wildman–Crippen MR) is 110 cm³/mol. The molecule has 2 heterocycles. The average molecular weight is 393 g/mol. The Morgan fingerprint density at radius 1 is 1.07 bits per heavy atom. The Labute approximate surface area is 171 Å². The van der Waals surface area contributed by atoms with Crippen molar-refractivity contribution in [1.82, 2.24) is 4.90 Å². The van der Waals surface area contributed by atoms with E-state index in [0.717, 1.165) is 19.3 Å². The highest BCUT2D eigenvalue weighted by molar-refractivity contribution is 5.79. The number of carbonyl (C=O) groups is 1. The minimum atomic E-state index is -0.260. The summed E-state index contributed by atoms with van der Waals surface area (Å²) < 4.78 is 11.4. The van der Waals surface area contributed by atoms with Crippen LogP contribution < -0.4 is 0 Å². The predicted octanol–water partition coefficient (Wildman–Crippen LogP) is 3.80. The van der Waals surface area contributed by atoms with Crippen molar-refractivity contribution in [2.75, 3.05) is 33.0 Å². The second-order valence-electron chi connectivity index (χ2n) is 8.50. The number of ether oxygens (including phenoxy) is 2. The van der Waals surface area contributed by atoms with E-state index in [2.05, 4.69) is 36.4 Å². The number of aliphatic hydroxyl groups excluding tert-OH is 1. The molecule has 1 unspecified atom stereocenters. The smallest absolute Gasteiger partial charge is 0.410 e. The molecule has 1 atom stereocenters. The second-order valence-corrected chi connectivity index (χ2v) is 8.50. The summed E-state index contributed by atoms with van der Waals surface area (Å²) in [7, 11) is 0. The highest BCUT2D eigenvalue weighted by atomic mass is 16.6.